The van der Waals surface area contributed by atoms with Crippen molar-refractivity contribution >= 4 is 27.5 Å². The molecule has 0 aliphatic rings. The number of carboxylic acids is 1. The van der Waals surface area contributed by atoms with Crippen LogP contribution >= 0.6 is 11.3 Å². The van der Waals surface area contributed by atoms with Gasteiger partial charge in [-0.05, 0) is 28.8 Å². The van der Waals surface area contributed by atoms with Crippen molar-refractivity contribution in [2.75, 3.05) is 0 Å². The predicted octanol–water partition coefficient (Wildman–Crippen LogP) is 4.51. The van der Waals surface area contributed by atoms with Gasteiger partial charge in [0, 0.05) is 30.5 Å². The van der Waals surface area contributed by atoms with Crippen molar-refractivity contribution in [1.29, 1.82) is 0 Å². The molecule has 3 aromatic heterocycles. The third kappa shape index (κ3) is 2.59. The Bertz CT molecular complexity index is 1000. The number of aromatic nitrogens is 2. The van der Waals surface area contributed by atoms with E-state index in [1.54, 1.807) is 11.6 Å². The summed E-state index contributed by atoms with van der Waals surface area (Å²) in [4.78, 5) is 15.5. The number of pyridine rings is 1. The number of hydrogen-bond acceptors (Lipinski definition) is 3. The van der Waals surface area contributed by atoms with Gasteiger partial charge in [-0.25, -0.2) is 4.79 Å². The summed E-state index contributed by atoms with van der Waals surface area (Å²) in [5.74, 6) is -0.881. The van der Waals surface area contributed by atoms with Crippen LogP contribution in [0.15, 0.2) is 66.4 Å². The molecular formula is C19H14N2O2S. The van der Waals surface area contributed by atoms with E-state index in [1.165, 1.54) is 11.3 Å². The molecule has 118 valence electrons. The third-order valence-electron chi connectivity index (χ3n) is 4.02. The number of hydrogen-bond donors (Lipinski definition) is 1. The Hall–Kier alpha value is -2.92. The highest BCUT2D eigenvalue weighted by molar-refractivity contribution is 7.17. The van der Waals surface area contributed by atoms with Crippen LogP contribution in [0.2, 0.25) is 0 Å². The maximum Gasteiger partial charge on any atom is 0.338 e. The van der Waals surface area contributed by atoms with Crippen LogP contribution in [0.4, 0.5) is 0 Å². The lowest BCUT2D eigenvalue weighted by atomic mass is 10.1. The van der Waals surface area contributed by atoms with Crippen molar-refractivity contribution in [2.24, 2.45) is 0 Å². The van der Waals surface area contributed by atoms with Crippen LogP contribution in [0.3, 0.4) is 0 Å². The van der Waals surface area contributed by atoms with E-state index in [0.717, 1.165) is 26.9 Å². The Labute approximate surface area is 142 Å². The Morgan fingerprint density at radius 3 is 2.67 bits per heavy atom. The lowest BCUT2D eigenvalue weighted by Gasteiger charge is -2.07. The van der Waals surface area contributed by atoms with Crippen molar-refractivity contribution in [3.05, 3.63) is 77.6 Å². The van der Waals surface area contributed by atoms with Gasteiger partial charge in [0.15, 0.2) is 0 Å². The monoisotopic (exact) mass is 334 g/mol. The largest absolute Gasteiger partial charge is 0.478 e. The lowest BCUT2D eigenvalue weighted by Crippen LogP contribution is -2.02. The molecule has 0 unspecified atom stereocenters. The molecule has 0 saturated heterocycles. The van der Waals surface area contributed by atoms with Crippen molar-refractivity contribution < 1.29 is 9.90 Å². The van der Waals surface area contributed by atoms with Crippen LogP contribution in [0, 0.1) is 0 Å². The minimum Gasteiger partial charge on any atom is -0.478 e. The second-order valence-electron chi connectivity index (χ2n) is 5.55. The number of carbonyl (C=O) groups is 1. The highest BCUT2D eigenvalue weighted by Gasteiger charge is 2.14. The highest BCUT2D eigenvalue weighted by atomic mass is 32.1. The number of thiophene rings is 1. The van der Waals surface area contributed by atoms with Gasteiger partial charge in [-0.2, -0.15) is 0 Å². The number of nitrogens with zero attached hydrogens (tertiary/aromatic N) is 2. The summed E-state index contributed by atoms with van der Waals surface area (Å²) in [5, 5.41) is 11.0. The van der Waals surface area contributed by atoms with Crippen molar-refractivity contribution in [3.63, 3.8) is 0 Å². The average molecular weight is 334 g/mol. The van der Waals surface area contributed by atoms with Crippen LogP contribution in [0.25, 0.3) is 21.3 Å². The van der Waals surface area contributed by atoms with Crippen molar-refractivity contribution in [2.45, 2.75) is 6.54 Å². The van der Waals surface area contributed by atoms with Gasteiger partial charge in [-0.1, -0.05) is 30.3 Å². The molecule has 0 bridgehead atoms. The minimum absolute atomic E-state index is 0.368. The van der Waals surface area contributed by atoms with Gasteiger partial charge in [-0.15, -0.1) is 11.3 Å². The summed E-state index contributed by atoms with van der Waals surface area (Å²) >= 11 is 1.46. The zero-order valence-electron chi connectivity index (χ0n) is 12.7. The zero-order chi connectivity index (χ0) is 16.5. The summed E-state index contributed by atoms with van der Waals surface area (Å²) in [6, 6.07) is 14.2. The first-order valence-corrected chi connectivity index (χ1v) is 8.39. The number of aromatic carboxylic acids is 1. The van der Waals surface area contributed by atoms with Gasteiger partial charge in [-0.3, -0.25) is 4.98 Å². The van der Waals surface area contributed by atoms with Gasteiger partial charge < -0.3 is 9.67 Å². The normalized spacial score (nSPS) is 11.0. The van der Waals surface area contributed by atoms with Crippen LogP contribution < -0.4 is 0 Å². The summed E-state index contributed by atoms with van der Waals surface area (Å²) in [5.41, 5.74) is 4.49. The molecule has 4 rings (SSSR count). The summed E-state index contributed by atoms with van der Waals surface area (Å²) in [6.45, 7) is 0.647. The molecule has 1 aromatic carbocycles. The topological polar surface area (TPSA) is 55.1 Å². The second-order valence-corrected chi connectivity index (χ2v) is 6.46. The maximum atomic E-state index is 11.4. The number of rotatable bonds is 4. The minimum atomic E-state index is -0.881. The molecule has 5 heteroatoms. The molecule has 0 aliphatic carbocycles. The van der Waals surface area contributed by atoms with E-state index in [0.29, 0.717) is 12.1 Å². The van der Waals surface area contributed by atoms with Crippen LogP contribution in [-0.4, -0.2) is 20.6 Å². The fourth-order valence-electron chi connectivity index (χ4n) is 2.83. The third-order valence-corrected chi connectivity index (χ3v) is 4.95. The van der Waals surface area contributed by atoms with E-state index in [4.69, 9.17) is 0 Å². The number of fused-ring (bicyclic) bond motifs is 1. The maximum absolute atomic E-state index is 11.4. The van der Waals surface area contributed by atoms with Gasteiger partial charge in [0.25, 0.3) is 0 Å². The quantitative estimate of drug-likeness (QED) is 0.597. The zero-order valence-corrected chi connectivity index (χ0v) is 13.5. The van der Waals surface area contributed by atoms with E-state index in [9.17, 15) is 9.90 Å². The molecule has 0 fully saturated rings. The van der Waals surface area contributed by atoms with Crippen LogP contribution in [-0.2, 0) is 6.54 Å². The first-order valence-electron chi connectivity index (χ1n) is 7.51. The van der Waals surface area contributed by atoms with Gasteiger partial charge in [0.05, 0.1) is 15.8 Å². The fourth-order valence-corrected chi connectivity index (χ4v) is 3.77. The molecule has 4 nitrogen and oxygen atoms in total. The van der Waals surface area contributed by atoms with Crippen molar-refractivity contribution in [1.82, 2.24) is 9.55 Å². The summed E-state index contributed by atoms with van der Waals surface area (Å²) in [6.07, 6.45) is 5.55. The molecule has 0 aliphatic heterocycles. The smallest absolute Gasteiger partial charge is 0.338 e. The molecule has 4 aromatic rings. The fraction of sp³-hybridized carbons (Fsp3) is 0.0526. The van der Waals surface area contributed by atoms with E-state index >= 15 is 0 Å². The molecule has 3 heterocycles. The van der Waals surface area contributed by atoms with Gasteiger partial charge in [0.2, 0.25) is 0 Å². The first-order chi connectivity index (χ1) is 11.7. The van der Waals surface area contributed by atoms with E-state index in [-0.39, 0.29) is 0 Å². The van der Waals surface area contributed by atoms with E-state index in [2.05, 4.69) is 29.2 Å². The summed E-state index contributed by atoms with van der Waals surface area (Å²) in [7, 11) is 0. The Kier molecular flexibility index (Phi) is 3.63. The van der Waals surface area contributed by atoms with Crippen LogP contribution in [0.5, 0.6) is 0 Å². The SMILES string of the molecule is O=C(O)c1csc2ccn(Cc3ccc(-c4cccnc4)cc3)c12. The lowest BCUT2D eigenvalue weighted by molar-refractivity contribution is 0.0699. The Morgan fingerprint density at radius 1 is 1.12 bits per heavy atom. The molecule has 1 N–H and O–H groups in total. The summed E-state index contributed by atoms with van der Waals surface area (Å²) < 4.78 is 2.99. The number of carboxylic acid groups (broad SMARTS) is 1. The van der Waals surface area contributed by atoms with Gasteiger partial charge >= 0.3 is 5.97 Å². The van der Waals surface area contributed by atoms with E-state index in [1.807, 2.05) is 35.2 Å². The molecule has 0 atom stereocenters. The molecule has 0 radical (unpaired) electrons. The average Bonchev–Trinajstić information content (AvgIpc) is 3.19. The predicted molar refractivity (Wildman–Crippen MR) is 95.5 cm³/mol. The Morgan fingerprint density at radius 2 is 1.96 bits per heavy atom. The van der Waals surface area contributed by atoms with Gasteiger partial charge in [0.1, 0.15) is 0 Å². The molecular weight excluding hydrogens is 320 g/mol. The molecule has 0 spiro atoms. The standard InChI is InChI=1S/C19H14N2O2S/c22-19(23)16-12-24-17-7-9-21(18(16)17)11-13-3-5-14(6-4-13)15-2-1-8-20-10-15/h1-10,12H,11H2,(H,22,23). The second kappa shape index (κ2) is 5.94. The molecule has 0 amide bonds. The molecule has 24 heavy (non-hydrogen) atoms. The highest BCUT2D eigenvalue weighted by Crippen LogP contribution is 2.28. The molecule has 0 saturated carbocycles. The van der Waals surface area contributed by atoms with E-state index < -0.39 is 5.97 Å². The first kappa shape index (κ1) is 14.7. The van der Waals surface area contributed by atoms with Crippen molar-refractivity contribution in [3.8, 4) is 11.1 Å². The van der Waals surface area contributed by atoms with Crippen LogP contribution in [0.1, 0.15) is 15.9 Å². The Balaban J connectivity index is 1.64. The number of benzene rings is 1.